The van der Waals surface area contributed by atoms with Crippen molar-refractivity contribution >= 4 is 28.9 Å². The molecule has 0 aliphatic carbocycles. The lowest BCUT2D eigenvalue weighted by molar-refractivity contribution is -0.131. The van der Waals surface area contributed by atoms with Crippen LogP contribution in [0.15, 0.2) is 30.0 Å². The van der Waals surface area contributed by atoms with Gasteiger partial charge in [-0.15, -0.1) is 0 Å². The van der Waals surface area contributed by atoms with Crippen LogP contribution in [0.4, 0.5) is 11.4 Å². The highest BCUT2D eigenvalue weighted by Crippen LogP contribution is 2.30. The molecule has 1 aliphatic rings. The molecule has 7 heteroatoms. The average molecular weight is 344 g/mol. The average Bonchev–Trinajstić information content (AvgIpc) is 2.62. The SMILES string of the molecule is CCC(=O)N1CCN(c2ccc(Cl)cc2NC=C(C#N)C#N)CC1. The zero-order valence-corrected chi connectivity index (χ0v) is 14.2. The van der Waals surface area contributed by atoms with Crippen LogP contribution in [0, 0.1) is 22.7 Å². The Bertz CT molecular complexity index is 707. The molecule has 1 heterocycles. The highest BCUT2D eigenvalue weighted by atomic mass is 35.5. The van der Waals surface area contributed by atoms with Crippen molar-refractivity contribution in [3.05, 3.63) is 35.0 Å². The fourth-order valence-electron chi connectivity index (χ4n) is 2.56. The van der Waals surface area contributed by atoms with Crippen LogP contribution in [0.1, 0.15) is 13.3 Å². The minimum absolute atomic E-state index is 0.0145. The first-order valence-corrected chi connectivity index (χ1v) is 8.06. The van der Waals surface area contributed by atoms with Crippen molar-refractivity contribution in [2.45, 2.75) is 13.3 Å². The molecule has 0 atom stereocenters. The smallest absolute Gasteiger partial charge is 0.222 e. The molecule has 1 N–H and O–H groups in total. The number of hydrogen-bond acceptors (Lipinski definition) is 5. The van der Waals surface area contributed by atoms with E-state index >= 15 is 0 Å². The molecule has 0 unspecified atom stereocenters. The van der Waals surface area contributed by atoms with E-state index in [1.807, 2.05) is 30.0 Å². The van der Waals surface area contributed by atoms with Gasteiger partial charge in [0, 0.05) is 43.8 Å². The van der Waals surface area contributed by atoms with Crippen LogP contribution >= 0.6 is 11.6 Å². The Balaban J connectivity index is 2.17. The lowest BCUT2D eigenvalue weighted by Crippen LogP contribution is -2.48. The van der Waals surface area contributed by atoms with Gasteiger partial charge in [-0.05, 0) is 18.2 Å². The summed E-state index contributed by atoms with van der Waals surface area (Å²) in [5.41, 5.74) is 1.63. The Morgan fingerprint density at radius 3 is 2.54 bits per heavy atom. The Labute approximate surface area is 146 Å². The fraction of sp³-hybridized carbons (Fsp3) is 0.353. The van der Waals surface area contributed by atoms with Crippen molar-refractivity contribution in [3.8, 4) is 12.1 Å². The van der Waals surface area contributed by atoms with Crippen LogP contribution in [0.5, 0.6) is 0 Å². The number of rotatable bonds is 4. The van der Waals surface area contributed by atoms with Gasteiger partial charge in [0.15, 0.2) is 0 Å². The van der Waals surface area contributed by atoms with Crippen LogP contribution in [0.25, 0.3) is 0 Å². The molecular formula is C17H18ClN5O. The van der Waals surface area contributed by atoms with Crippen molar-refractivity contribution < 1.29 is 4.79 Å². The quantitative estimate of drug-likeness (QED) is 0.850. The van der Waals surface area contributed by atoms with Crippen LogP contribution in [-0.4, -0.2) is 37.0 Å². The second-order valence-electron chi connectivity index (χ2n) is 5.31. The van der Waals surface area contributed by atoms with Gasteiger partial charge < -0.3 is 15.1 Å². The van der Waals surface area contributed by atoms with Crippen molar-refractivity contribution in [1.82, 2.24) is 4.90 Å². The molecule has 6 nitrogen and oxygen atoms in total. The lowest BCUT2D eigenvalue weighted by Gasteiger charge is -2.37. The van der Waals surface area contributed by atoms with Gasteiger partial charge in [-0.3, -0.25) is 4.79 Å². The van der Waals surface area contributed by atoms with Gasteiger partial charge in [0.25, 0.3) is 0 Å². The van der Waals surface area contributed by atoms with Gasteiger partial charge in [0.05, 0.1) is 11.4 Å². The number of halogens is 1. The summed E-state index contributed by atoms with van der Waals surface area (Å²) in [5.74, 6) is 0.166. The second kappa shape index (κ2) is 8.24. The van der Waals surface area contributed by atoms with E-state index in [2.05, 4.69) is 10.2 Å². The molecule has 1 aromatic carbocycles. The molecule has 0 bridgehead atoms. The van der Waals surface area contributed by atoms with Gasteiger partial charge >= 0.3 is 0 Å². The maximum Gasteiger partial charge on any atom is 0.222 e. The summed E-state index contributed by atoms with van der Waals surface area (Å²) < 4.78 is 0. The largest absolute Gasteiger partial charge is 0.366 e. The molecule has 1 amide bonds. The van der Waals surface area contributed by atoms with E-state index in [1.54, 1.807) is 12.1 Å². The highest BCUT2D eigenvalue weighted by Gasteiger charge is 2.21. The summed E-state index contributed by atoms with van der Waals surface area (Å²) in [5, 5.41) is 21.2. The summed E-state index contributed by atoms with van der Waals surface area (Å²) in [7, 11) is 0. The molecule has 1 saturated heterocycles. The first-order chi connectivity index (χ1) is 11.6. The Morgan fingerprint density at radius 2 is 1.96 bits per heavy atom. The molecule has 0 aromatic heterocycles. The summed E-state index contributed by atoms with van der Waals surface area (Å²) in [6, 6.07) is 9.06. The number of amides is 1. The highest BCUT2D eigenvalue weighted by molar-refractivity contribution is 6.31. The molecule has 0 radical (unpaired) electrons. The van der Waals surface area contributed by atoms with E-state index in [0.717, 1.165) is 24.5 Å². The van der Waals surface area contributed by atoms with Gasteiger partial charge in [0.1, 0.15) is 17.7 Å². The van der Waals surface area contributed by atoms with Gasteiger partial charge in [-0.2, -0.15) is 10.5 Å². The molecule has 24 heavy (non-hydrogen) atoms. The number of anilines is 2. The third-order valence-electron chi connectivity index (χ3n) is 3.85. The first-order valence-electron chi connectivity index (χ1n) is 7.68. The standard InChI is InChI=1S/C17H18ClN5O/c1-2-17(24)23-7-5-22(6-8-23)16-4-3-14(18)9-15(16)21-12-13(10-19)11-20/h3-4,9,12,21H,2,5-8H2,1H3. The Kier molecular flexibility index (Phi) is 6.06. The van der Waals surface area contributed by atoms with E-state index in [4.69, 9.17) is 22.1 Å². The maximum atomic E-state index is 11.8. The van der Waals surface area contributed by atoms with Gasteiger partial charge in [-0.1, -0.05) is 18.5 Å². The lowest BCUT2D eigenvalue weighted by atomic mass is 10.2. The van der Waals surface area contributed by atoms with Crippen LogP contribution in [0.2, 0.25) is 5.02 Å². The minimum atomic E-state index is -0.0145. The molecule has 1 aliphatic heterocycles. The molecule has 124 valence electrons. The third-order valence-corrected chi connectivity index (χ3v) is 4.08. The molecular weight excluding hydrogens is 326 g/mol. The number of carbonyl (C=O) groups excluding carboxylic acids is 1. The van der Waals surface area contributed by atoms with Crippen molar-refractivity contribution in [3.63, 3.8) is 0 Å². The van der Waals surface area contributed by atoms with Gasteiger partial charge in [0.2, 0.25) is 5.91 Å². The van der Waals surface area contributed by atoms with Crippen molar-refractivity contribution in [2.75, 3.05) is 36.4 Å². The van der Waals surface area contributed by atoms with E-state index in [-0.39, 0.29) is 11.5 Å². The topological polar surface area (TPSA) is 83.2 Å². The Hall–Kier alpha value is -2.70. The molecule has 2 rings (SSSR count). The number of carbonyl (C=O) groups is 1. The number of allylic oxidation sites excluding steroid dienone is 1. The van der Waals surface area contributed by atoms with Crippen molar-refractivity contribution in [1.29, 1.82) is 10.5 Å². The van der Waals surface area contributed by atoms with E-state index in [0.29, 0.717) is 24.5 Å². The van der Waals surface area contributed by atoms with Crippen LogP contribution in [-0.2, 0) is 4.79 Å². The van der Waals surface area contributed by atoms with E-state index in [9.17, 15) is 4.79 Å². The molecule has 1 aromatic rings. The number of nitrogens with zero attached hydrogens (tertiary/aromatic N) is 4. The number of nitriles is 2. The zero-order chi connectivity index (χ0) is 17.5. The normalized spacial score (nSPS) is 13.7. The van der Waals surface area contributed by atoms with E-state index in [1.165, 1.54) is 6.20 Å². The zero-order valence-electron chi connectivity index (χ0n) is 13.4. The van der Waals surface area contributed by atoms with Crippen LogP contribution < -0.4 is 10.2 Å². The molecule has 0 spiro atoms. The summed E-state index contributed by atoms with van der Waals surface area (Å²) in [4.78, 5) is 15.8. The maximum absolute atomic E-state index is 11.8. The monoisotopic (exact) mass is 343 g/mol. The van der Waals surface area contributed by atoms with E-state index < -0.39 is 0 Å². The second-order valence-corrected chi connectivity index (χ2v) is 5.75. The summed E-state index contributed by atoms with van der Waals surface area (Å²) in [6.07, 6.45) is 1.88. The number of nitrogens with one attached hydrogen (secondary N) is 1. The fourth-order valence-corrected chi connectivity index (χ4v) is 2.73. The summed E-state index contributed by atoms with van der Waals surface area (Å²) >= 11 is 6.06. The molecule has 0 saturated carbocycles. The Morgan fingerprint density at radius 1 is 1.29 bits per heavy atom. The molecule has 1 fully saturated rings. The predicted molar refractivity (Wildman–Crippen MR) is 93.5 cm³/mol. The first kappa shape index (κ1) is 17.7. The van der Waals surface area contributed by atoms with Gasteiger partial charge in [-0.25, -0.2) is 0 Å². The van der Waals surface area contributed by atoms with Crippen LogP contribution in [0.3, 0.4) is 0 Å². The number of piperazine rings is 1. The summed E-state index contributed by atoms with van der Waals surface area (Å²) in [6.45, 7) is 4.65. The third kappa shape index (κ3) is 4.18. The predicted octanol–water partition coefficient (Wildman–Crippen LogP) is 2.74. The van der Waals surface area contributed by atoms with Crippen molar-refractivity contribution in [2.24, 2.45) is 0 Å². The number of benzene rings is 1. The minimum Gasteiger partial charge on any atom is -0.366 e. The number of hydrogen-bond donors (Lipinski definition) is 1.